The van der Waals surface area contributed by atoms with E-state index < -0.39 is 11.7 Å². The summed E-state index contributed by atoms with van der Waals surface area (Å²) in [7, 11) is 0. The van der Waals surface area contributed by atoms with E-state index in [1.54, 1.807) is 6.92 Å². The molecule has 4 atom stereocenters. The fraction of sp³-hybridized carbons (Fsp3) is 1.00. The van der Waals surface area contributed by atoms with Crippen LogP contribution in [0.1, 0.15) is 33.6 Å². The Hall–Kier alpha value is -0.0800. The Morgan fingerprint density at radius 1 is 1.25 bits per heavy atom. The van der Waals surface area contributed by atoms with Crippen molar-refractivity contribution in [1.82, 2.24) is 0 Å². The Balaban J connectivity index is 2.19. The summed E-state index contributed by atoms with van der Waals surface area (Å²) < 4.78 is 0. The summed E-state index contributed by atoms with van der Waals surface area (Å²) in [5, 5.41) is 19.7. The first-order valence-corrected chi connectivity index (χ1v) is 4.78. The molecule has 70 valence electrons. The first kappa shape index (κ1) is 8.52. The molecular weight excluding hydrogens is 152 g/mol. The van der Waals surface area contributed by atoms with Gasteiger partial charge in [0.1, 0.15) is 0 Å². The topological polar surface area (TPSA) is 40.5 Å². The molecule has 2 N–H and O–H groups in total. The molecule has 0 saturated heterocycles. The van der Waals surface area contributed by atoms with Crippen molar-refractivity contribution in [2.75, 3.05) is 0 Å². The van der Waals surface area contributed by atoms with Gasteiger partial charge in [-0.05, 0) is 37.0 Å². The van der Waals surface area contributed by atoms with E-state index in [-0.39, 0.29) is 5.41 Å². The molecule has 2 unspecified atom stereocenters. The second kappa shape index (κ2) is 2.05. The summed E-state index contributed by atoms with van der Waals surface area (Å²) in [6.07, 6.45) is 1.31. The van der Waals surface area contributed by atoms with Crippen LogP contribution in [0.15, 0.2) is 0 Å². The van der Waals surface area contributed by atoms with Gasteiger partial charge in [0.2, 0.25) is 0 Å². The standard InChI is InChI=1S/C10H18O2/c1-9(2)6-4-5-10(3,12)8(11)7(6)9/h6-8,11-12H,4-5H2,1-3H3/t6?,7?,8-,10-/m0/s1. The van der Waals surface area contributed by atoms with Gasteiger partial charge in [0.05, 0.1) is 11.7 Å². The minimum atomic E-state index is -0.838. The van der Waals surface area contributed by atoms with E-state index in [2.05, 4.69) is 13.8 Å². The highest BCUT2D eigenvalue weighted by atomic mass is 16.3. The molecule has 0 amide bonds. The highest BCUT2D eigenvalue weighted by Crippen LogP contribution is 2.66. The molecule has 0 spiro atoms. The summed E-state index contributed by atoms with van der Waals surface area (Å²) >= 11 is 0. The van der Waals surface area contributed by atoms with E-state index in [0.29, 0.717) is 11.8 Å². The summed E-state index contributed by atoms with van der Waals surface area (Å²) in [4.78, 5) is 0. The zero-order valence-electron chi connectivity index (χ0n) is 8.04. The van der Waals surface area contributed by atoms with Crippen LogP contribution in [0.2, 0.25) is 0 Å². The van der Waals surface area contributed by atoms with Crippen LogP contribution in [-0.2, 0) is 0 Å². The van der Waals surface area contributed by atoms with Crippen LogP contribution in [0.5, 0.6) is 0 Å². The van der Waals surface area contributed by atoms with Crippen LogP contribution in [0.4, 0.5) is 0 Å². The van der Waals surface area contributed by atoms with Crippen molar-refractivity contribution in [3.05, 3.63) is 0 Å². The lowest BCUT2D eigenvalue weighted by Crippen LogP contribution is -2.43. The average Bonchev–Trinajstić information content (AvgIpc) is 2.46. The molecule has 0 aromatic rings. The number of rotatable bonds is 0. The molecule has 0 bridgehead atoms. The monoisotopic (exact) mass is 170 g/mol. The zero-order valence-corrected chi connectivity index (χ0v) is 8.04. The van der Waals surface area contributed by atoms with Gasteiger partial charge < -0.3 is 10.2 Å². The van der Waals surface area contributed by atoms with Crippen LogP contribution in [-0.4, -0.2) is 21.9 Å². The fourth-order valence-corrected chi connectivity index (χ4v) is 2.95. The maximum Gasteiger partial charge on any atom is 0.0880 e. The van der Waals surface area contributed by atoms with Crippen molar-refractivity contribution in [2.24, 2.45) is 17.3 Å². The van der Waals surface area contributed by atoms with E-state index in [4.69, 9.17) is 0 Å². The average molecular weight is 170 g/mol. The van der Waals surface area contributed by atoms with E-state index in [0.717, 1.165) is 12.8 Å². The molecule has 0 heterocycles. The predicted molar refractivity (Wildman–Crippen MR) is 46.6 cm³/mol. The largest absolute Gasteiger partial charge is 0.390 e. The lowest BCUT2D eigenvalue weighted by atomic mass is 9.84. The van der Waals surface area contributed by atoms with Gasteiger partial charge in [0, 0.05) is 0 Å². The normalized spacial score (nSPS) is 56.2. The molecule has 0 aliphatic heterocycles. The number of hydrogen-bond donors (Lipinski definition) is 2. The van der Waals surface area contributed by atoms with Gasteiger partial charge in [-0.15, -0.1) is 0 Å². The van der Waals surface area contributed by atoms with Crippen molar-refractivity contribution >= 4 is 0 Å². The van der Waals surface area contributed by atoms with E-state index in [1.165, 1.54) is 0 Å². The van der Waals surface area contributed by atoms with Crippen LogP contribution < -0.4 is 0 Å². The molecule has 2 fully saturated rings. The highest BCUT2D eigenvalue weighted by Gasteiger charge is 2.65. The molecule has 0 radical (unpaired) electrons. The number of fused-ring (bicyclic) bond motifs is 1. The predicted octanol–water partition coefficient (Wildman–Crippen LogP) is 1.16. The van der Waals surface area contributed by atoms with Gasteiger partial charge in [-0.25, -0.2) is 0 Å². The molecule has 2 rings (SSSR count). The van der Waals surface area contributed by atoms with Gasteiger partial charge in [-0.3, -0.25) is 0 Å². The molecule has 2 heteroatoms. The van der Waals surface area contributed by atoms with Crippen LogP contribution >= 0.6 is 0 Å². The van der Waals surface area contributed by atoms with Gasteiger partial charge in [-0.1, -0.05) is 13.8 Å². The second-order valence-electron chi connectivity index (χ2n) is 5.29. The lowest BCUT2D eigenvalue weighted by molar-refractivity contribution is -0.0951. The third-order valence-corrected chi connectivity index (χ3v) is 4.08. The van der Waals surface area contributed by atoms with Gasteiger partial charge in [0.25, 0.3) is 0 Å². The Morgan fingerprint density at radius 2 is 1.83 bits per heavy atom. The molecule has 0 aromatic heterocycles. The van der Waals surface area contributed by atoms with Crippen LogP contribution in [0.25, 0.3) is 0 Å². The van der Waals surface area contributed by atoms with E-state index in [9.17, 15) is 10.2 Å². The molecule has 2 aliphatic rings. The SMILES string of the molecule is CC1(C)C2CC[C@](C)(O)[C@@H](O)C21. The molecule has 2 aliphatic carbocycles. The zero-order chi connectivity index (χ0) is 9.15. The third-order valence-electron chi connectivity index (χ3n) is 4.08. The Kier molecular flexibility index (Phi) is 1.45. The molecule has 2 saturated carbocycles. The second-order valence-corrected chi connectivity index (χ2v) is 5.29. The van der Waals surface area contributed by atoms with Gasteiger partial charge >= 0.3 is 0 Å². The van der Waals surface area contributed by atoms with E-state index >= 15 is 0 Å². The van der Waals surface area contributed by atoms with Crippen molar-refractivity contribution in [3.8, 4) is 0 Å². The van der Waals surface area contributed by atoms with Crippen molar-refractivity contribution in [3.63, 3.8) is 0 Å². The Labute approximate surface area is 73.6 Å². The smallest absolute Gasteiger partial charge is 0.0880 e. The fourth-order valence-electron chi connectivity index (χ4n) is 2.95. The number of hydrogen-bond acceptors (Lipinski definition) is 2. The molecular formula is C10H18O2. The number of aliphatic hydroxyl groups is 2. The minimum Gasteiger partial charge on any atom is -0.390 e. The minimum absolute atomic E-state index is 0.264. The summed E-state index contributed by atoms with van der Waals surface area (Å²) in [5.41, 5.74) is -0.575. The molecule has 12 heavy (non-hydrogen) atoms. The van der Waals surface area contributed by atoms with Gasteiger partial charge in [-0.2, -0.15) is 0 Å². The lowest BCUT2D eigenvalue weighted by Gasteiger charge is -2.33. The quantitative estimate of drug-likeness (QED) is 0.573. The third kappa shape index (κ3) is 0.882. The maximum atomic E-state index is 9.83. The highest BCUT2D eigenvalue weighted by molar-refractivity contribution is 5.14. The van der Waals surface area contributed by atoms with Crippen LogP contribution in [0, 0.1) is 17.3 Å². The summed E-state index contributed by atoms with van der Waals surface area (Å²) in [6.45, 7) is 6.13. The number of aliphatic hydroxyl groups excluding tert-OH is 1. The maximum absolute atomic E-state index is 9.83. The summed E-state index contributed by atoms with van der Waals surface area (Å²) in [5.74, 6) is 0.981. The first-order chi connectivity index (χ1) is 5.37. The van der Waals surface area contributed by atoms with Crippen LogP contribution in [0.3, 0.4) is 0 Å². The first-order valence-electron chi connectivity index (χ1n) is 4.78. The Bertz CT molecular complexity index is 208. The van der Waals surface area contributed by atoms with E-state index in [1.807, 2.05) is 0 Å². The van der Waals surface area contributed by atoms with Gasteiger partial charge in [0.15, 0.2) is 0 Å². The molecule has 0 aromatic carbocycles. The van der Waals surface area contributed by atoms with Crippen molar-refractivity contribution in [1.29, 1.82) is 0 Å². The van der Waals surface area contributed by atoms with Crippen molar-refractivity contribution in [2.45, 2.75) is 45.3 Å². The summed E-state index contributed by atoms with van der Waals surface area (Å²) in [6, 6.07) is 0. The molecule has 2 nitrogen and oxygen atoms in total. The Morgan fingerprint density at radius 3 is 2.33 bits per heavy atom. The van der Waals surface area contributed by atoms with Crippen molar-refractivity contribution < 1.29 is 10.2 Å².